The number of nitrogens with one attached hydrogen (secondary N) is 1. The number of amides is 1. The average Bonchev–Trinajstić information content (AvgIpc) is 2.78. The highest BCUT2D eigenvalue weighted by Gasteiger charge is 2.21. The van der Waals surface area contributed by atoms with Gasteiger partial charge in [-0.2, -0.15) is 5.10 Å². The molecule has 6 nitrogen and oxygen atoms in total. The zero-order valence-corrected chi connectivity index (χ0v) is 14.0. The highest BCUT2D eigenvalue weighted by Crippen LogP contribution is 2.11. The molecule has 0 fully saturated rings. The molecular weight excluding hydrogens is 268 g/mol. The number of hydrogen-bond donors (Lipinski definition) is 1. The number of carbonyl (C=O) groups is 1. The quantitative estimate of drug-likeness (QED) is 0.875. The first-order chi connectivity index (χ1) is 9.74. The molecule has 1 amide bonds. The van der Waals surface area contributed by atoms with Crippen molar-refractivity contribution in [2.45, 2.75) is 46.3 Å². The van der Waals surface area contributed by atoms with Gasteiger partial charge in [-0.1, -0.05) is 0 Å². The molecule has 0 radical (unpaired) electrons. The first kappa shape index (κ1) is 17.5. The van der Waals surface area contributed by atoms with E-state index in [0.29, 0.717) is 19.6 Å². The third kappa shape index (κ3) is 5.75. The maximum atomic E-state index is 12.0. The Kier molecular flexibility index (Phi) is 6.20. The van der Waals surface area contributed by atoms with Crippen molar-refractivity contribution in [1.29, 1.82) is 0 Å². The highest BCUT2D eigenvalue weighted by atomic mass is 16.6. The number of aryl methyl sites for hydroxylation is 1. The van der Waals surface area contributed by atoms with E-state index in [1.807, 2.05) is 45.5 Å². The lowest BCUT2D eigenvalue weighted by atomic mass is 10.2. The van der Waals surface area contributed by atoms with Gasteiger partial charge in [-0.25, -0.2) is 4.79 Å². The van der Waals surface area contributed by atoms with E-state index in [4.69, 9.17) is 4.74 Å². The lowest BCUT2D eigenvalue weighted by Crippen LogP contribution is -2.40. The van der Waals surface area contributed by atoms with Crippen LogP contribution in [-0.2, 0) is 11.8 Å². The Morgan fingerprint density at radius 2 is 2.19 bits per heavy atom. The molecular formula is C15H28N4O2. The van der Waals surface area contributed by atoms with Gasteiger partial charge in [0.15, 0.2) is 0 Å². The zero-order valence-electron chi connectivity index (χ0n) is 14.0. The molecule has 21 heavy (non-hydrogen) atoms. The fraction of sp³-hybridized carbons (Fsp3) is 0.733. The second-order valence-corrected chi connectivity index (χ2v) is 6.12. The Labute approximate surface area is 127 Å². The summed E-state index contributed by atoms with van der Waals surface area (Å²) in [6, 6.07) is 2.18. The predicted molar refractivity (Wildman–Crippen MR) is 83.1 cm³/mol. The molecule has 0 bridgehead atoms. The molecule has 0 aliphatic rings. The largest absolute Gasteiger partial charge is 0.444 e. The van der Waals surface area contributed by atoms with Crippen LogP contribution in [-0.4, -0.2) is 46.0 Å². The summed E-state index contributed by atoms with van der Waals surface area (Å²) in [5.74, 6) is 0. The Hall–Kier alpha value is -1.56. The zero-order chi connectivity index (χ0) is 16.0. The molecule has 0 aliphatic carbocycles. The summed E-state index contributed by atoms with van der Waals surface area (Å²) < 4.78 is 7.24. The van der Waals surface area contributed by atoms with Crippen LogP contribution in [0.25, 0.3) is 0 Å². The molecule has 0 aliphatic heterocycles. The van der Waals surface area contributed by atoms with E-state index < -0.39 is 5.60 Å². The van der Waals surface area contributed by atoms with Crippen molar-refractivity contribution in [1.82, 2.24) is 20.0 Å². The minimum Gasteiger partial charge on any atom is -0.444 e. The Bertz CT molecular complexity index is 451. The van der Waals surface area contributed by atoms with Crippen molar-refractivity contribution < 1.29 is 9.53 Å². The topological polar surface area (TPSA) is 59.4 Å². The molecule has 0 aromatic carbocycles. The maximum Gasteiger partial charge on any atom is 0.410 e. The number of carbonyl (C=O) groups excluding carboxylic acids is 1. The van der Waals surface area contributed by atoms with Crippen molar-refractivity contribution >= 4 is 6.09 Å². The predicted octanol–water partition coefficient (Wildman–Crippen LogP) is 2.33. The molecule has 0 saturated carbocycles. The van der Waals surface area contributed by atoms with Crippen molar-refractivity contribution in [3.05, 3.63) is 18.0 Å². The number of nitrogens with zero attached hydrogens (tertiary/aromatic N) is 3. The van der Waals surface area contributed by atoms with E-state index in [9.17, 15) is 4.79 Å². The third-order valence-corrected chi connectivity index (χ3v) is 3.17. The fourth-order valence-corrected chi connectivity index (χ4v) is 2.03. The van der Waals surface area contributed by atoms with Crippen LogP contribution in [0.4, 0.5) is 4.79 Å². The monoisotopic (exact) mass is 296 g/mol. The van der Waals surface area contributed by atoms with Crippen LogP contribution < -0.4 is 5.32 Å². The van der Waals surface area contributed by atoms with Gasteiger partial charge in [-0.15, -0.1) is 0 Å². The van der Waals surface area contributed by atoms with E-state index >= 15 is 0 Å². The number of rotatable bonds is 6. The van der Waals surface area contributed by atoms with Crippen LogP contribution >= 0.6 is 0 Å². The smallest absolute Gasteiger partial charge is 0.410 e. The molecule has 1 atom stereocenters. The van der Waals surface area contributed by atoms with Gasteiger partial charge in [0.2, 0.25) is 0 Å². The van der Waals surface area contributed by atoms with Gasteiger partial charge in [0.05, 0.1) is 5.69 Å². The molecule has 6 heteroatoms. The second-order valence-electron chi connectivity index (χ2n) is 6.12. The summed E-state index contributed by atoms with van der Waals surface area (Å²) >= 11 is 0. The van der Waals surface area contributed by atoms with E-state index in [1.54, 1.807) is 11.1 Å². The van der Waals surface area contributed by atoms with E-state index in [-0.39, 0.29) is 12.1 Å². The molecule has 1 N–H and O–H groups in total. The minimum absolute atomic E-state index is 0.190. The summed E-state index contributed by atoms with van der Waals surface area (Å²) in [6.07, 6.45) is 1.52. The van der Waals surface area contributed by atoms with Crippen molar-refractivity contribution in [3.63, 3.8) is 0 Å². The lowest BCUT2D eigenvalue weighted by molar-refractivity contribution is 0.0261. The van der Waals surface area contributed by atoms with Gasteiger partial charge in [-0.05, 0) is 40.7 Å². The Morgan fingerprint density at radius 1 is 1.52 bits per heavy atom. The second kappa shape index (κ2) is 7.45. The minimum atomic E-state index is -0.458. The first-order valence-electron chi connectivity index (χ1n) is 7.43. The molecule has 1 aromatic rings. The van der Waals surface area contributed by atoms with Crippen LogP contribution in [0, 0.1) is 0 Å². The summed E-state index contributed by atoms with van der Waals surface area (Å²) in [5, 5.41) is 7.56. The van der Waals surface area contributed by atoms with Crippen LogP contribution in [0.1, 0.15) is 46.4 Å². The summed E-state index contributed by atoms with van der Waals surface area (Å²) in [5.41, 5.74) is 0.662. The molecule has 1 rings (SSSR count). The third-order valence-electron chi connectivity index (χ3n) is 3.17. The highest BCUT2D eigenvalue weighted by molar-refractivity contribution is 5.68. The van der Waals surface area contributed by atoms with Gasteiger partial charge >= 0.3 is 6.09 Å². The summed E-state index contributed by atoms with van der Waals surface area (Å²) in [7, 11) is 1.92. The molecule has 0 spiro atoms. The van der Waals surface area contributed by atoms with Gasteiger partial charge in [0.1, 0.15) is 5.60 Å². The van der Waals surface area contributed by atoms with Crippen molar-refractivity contribution in [2.75, 3.05) is 19.6 Å². The molecule has 1 aromatic heterocycles. The Balaban J connectivity index is 2.42. The normalized spacial score (nSPS) is 13.0. The van der Waals surface area contributed by atoms with E-state index in [2.05, 4.69) is 17.3 Å². The molecule has 120 valence electrons. The van der Waals surface area contributed by atoms with Crippen molar-refractivity contribution in [3.8, 4) is 0 Å². The van der Waals surface area contributed by atoms with Gasteiger partial charge in [-0.3, -0.25) is 4.68 Å². The molecule has 0 saturated heterocycles. The summed E-state index contributed by atoms with van der Waals surface area (Å²) in [6.45, 7) is 11.6. The van der Waals surface area contributed by atoms with Crippen LogP contribution in [0.3, 0.4) is 0 Å². The van der Waals surface area contributed by atoms with Crippen LogP contribution in [0.15, 0.2) is 12.3 Å². The van der Waals surface area contributed by atoms with Crippen LogP contribution in [0.5, 0.6) is 0 Å². The van der Waals surface area contributed by atoms with E-state index in [0.717, 1.165) is 5.69 Å². The molecule has 1 heterocycles. The molecule has 1 unspecified atom stereocenters. The lowest BCUT2D eigenvalue weighted by Gasteiger charge is -2.27. The maximum absolute atomic E-state index is 12.0. The number of hydrogen-bond acceptors (Lipinski definition) is 4. The van der Waals surface area contributed by atoms with E-state index in [1.165, 1.54) is 0 Å². The SMILES string of the molecule is CCN(CCNC(C)c1ccnn1C)C(=O)OC(C)(C)C. The first-order valence-corrected chi connectivity index (χ1v) is 7.43. The Morgan fingerprint density at radius 3 is 2.67 bits per heavy atom. The van der Waals surface area contributed by atoms with Gasteiger partial charge in [0.25, 0.3) is 0 Å². The summed E-state index contributed by atoms with van der Waals surface area (Å²) in [4.78, 5) is 13.7. The standard InChI is InChI=1S/C15H28N4O2/c1-7-19(14(20)21-15(3,4)5)11-10-16-12(2)13-8-9-17-18(13)6/h8-9,12,16H,7,10-11H2,1-6H3. The van der Waals surface area contributed by atoms with Gasteiger partial charge in [0, 0.05) is 38.9 Å². The van der Waals surface area contributed by atoms with Crippen LogP contribution in [0.2, 0.25) is 0 Å². The number of ether oxygens (including phenoxy) is 1. The number of likely N-dealkylation sites (N-methyl/N-ethyl adjacent to an activating group) is 1. The van der Waals surface area contributed by atoms with Crippen molar-refractivity contribution in [2.24, 2.45) is 7.05 Å². The number of aromatic nitrogens is 2. The average molecular weight is 296 g/mol. The fourth-order valence-electron chi connectivity index (χ4n) is 2.03. The van der Waals surface area contributed by atoms with Gasteiger partial charge < -0.3 is 15.0 Å².